The summed E-state index contributed by atoms with van der Waals surface area (Å²) in [5.74, 6) is 1.50. The van der Waals surface area contributed by atoms with Gasteiger partial charge in [0.1, 0.15) is 24.7 Å². The number of nitrogens with zero attached hydrogens (tertiary/aromatic N) is 5. The van der Waals surface area contributed by atoms with Crippen LogP contribution in [0.4, 0.5) is 21.0 Å². The third kappa shape index (κ3) is 17.9. The van der Waals surface area contributed by atoms with Gasteiger partial charge in [-0.2, -0.15) is 0 Å². The van der Waals surface area contributed by atoms with Gasteiger partial charge < -0.3 is 47.7 Å². The molecule has 0 aliphatic carbocycles. The molecule has 0 saturated heterocycles. The maximum Gasteiger partial charge on any atom is 0.410 e. The molecular weight excluding hydrogens is 843 g/mol. The molecule has 15 heteroatoms. The minimum absolute atomic E-state index is 0.111. The van der Waals surface area contributed by atoms with Crippen molar-refractivity contribution in [3.63, 3.8) is 0 Å². The molecule has 354 valence electrons. The number of hydrogen-bond donors (Lipinski definition) is 0. The summed E-state index contributed by atoms with van der Waals surface area (Å²) in [7, 11) is 11.2. The molecule has 0 spiro atoms. The quantitative estimate of drug-likeness (QED) is 0.0450. The number of ether oxygens (including phenoxy) is 8. The Bertz CT molecular complexity index is 2000. The van der Waals surface area contributed by atoms with Crippen molar-refractivity contribution in [2.75, 3.05) is 105 Å². The first-order valence-corrected chi connectivity index (χ1v) is 22.0. The number of benzene rings is 4. The molecule has 1 heterocycles. The summed E-state index contributed by atoms with van der Waals surface area (Å²) < 4.78 is 44.8. The molecule has 1 aromatic heterocycles. The van der Waals surface area contributed by atoms with E-state index in [-0.39, 0.29) is 26.4 Å². The summed E-state index contributed by atoms with van der Waals surface area (Å²) in [6.07, 6.45) is 2.66. The van der Waals surface area contributed by atoms with E-state index in [0.29, 0.717) is 65.8 Å². The third-order valence-corrected chi connectivity index (χ3v) is 10.3. The van der Waals surface area contributed by atoms with Crippen molar-refractivity contribution in [1.29, 1.82) is 0 Å². The van der Waals surface area contributed by atoms with Crippen LogP contribution in [-0.4, -0.2) is 122 Å². The largest absolute Gasteiger partial charge is 0.497 e. The van der Waals surface area contributed by atoms with Gasteiger partial charge in [0.2, 0.25) is 0 Å². The molecule has 2 amide bonds. The lowest BCUT2D eigenvalue weighted by Crippen LogP contribution is -2.31. The molecule has 0 fully saturated rings. The lowest BCUT2D eigenvalue weighted by molar-refractivity contribution is 0.0159. The Kier molecular flexibility index (Phi) is 21.3. The average Bonchev–Trinajstić information content (AvgIpc) is 3.33. The first-order chi connectivity index (χ1) is 32.1. The fourth-order valence-corrected chi connectivity index (χ4v) is 6.59. The second-order valence-corrected chi connectivity index (χ2v) is 15.8. The van der Waals surface area contributed by atoms with Crippen LogP contribution < -0.4 is 19.3 Å². The van der Waals surface area contributed by atoms with Crippen molar-refractivity contribution >= 4 is 23.6 Å². The lowest BCUT2D eigenvalue weighted by atomic mass is 10.1. The molecule has 0 unspecified atom stereocenters. The molecule has 0 bridgehead atoms. The van der Waals surface area contributed by atoms with E-state index < -0.39 is 12.2 Å². The van der Waals surface area contributed by atoms with Crippen molar-refractivity contribution in [1.82, 2.24) is 14.8 Å². The van der Waals surface area contributed by atoms with Crippen molar-refractivity contribution < 1.29 is 47.5 Å². The van der Waals surface area contributed by atoms with Crippen molar-refractivity contribution in [2.45, 2.75) is 39.4 Å². The number of rotatable bonds is 28. The van der Waals surface area contributed by atoms with E-state index in [1.165, 1.54) is 0 Å². The summed E-state index contributed by atoms with van der Waals surface area (Å²) in [5, 5.41) is 0. The number of aromatic nitrogens is 1. The molecule has 66 heavy (non-hydrogen) atoms. The molecule has 0 aliphatic heterocycles. The molecule has 0 aliphatic rings. The van der Waals surface area contributed by atoms with Crippen LogP contribution in [0.2, 0.25) is 0 Å². The van der Waals surface area contributed by atoms with Crippen LogP contribution in [-0.2, 0) is 67.8 Å². The van der Waals surface area contributed by atoms with Gasteiger partial charge in [-0.3, -0.25) is 14.8 Å². The molecule has 5 aromatic rings. The van der Waals surface area contributed by atoms with Gasteiger partial charge in [-0.25, -0.2) is 9.59 Å². The fourth-order valence-electron chi connectivity index (χ4n) is 6.59. The van der Waals surface area contributed by atoms with E-state index in [1.54, 1.807) is 36.4 Å². The van der Waals surface area contributed by atoms with Gasteiger partial charge in [-0.05, 0) is 88.0 Å². The molecule has 0 radical (unpaired) electrons. The van der Waals surface area contributed by atoms with Crippen LogP contribution in [0.25, 0.3) is 0 Å². The molecule has 15 nitrogen and oxygen atoms in total. The summed E-state index contributed by atoms with van der Waals surface area (Å²) in [5.41, 5.74) is 7.89. The number of carbonyl (C=O) groups is 2. The Morgan fingerprint density at radius 2 is 0.742 bits per heavy atom. The summed E-state index contributed by atoms with van der Waals surface area (Å²) in [6, 6.07) is 33.4. The van der Waals surface area contributed by atoms with Gasteiger partial charge in [-0.15, -0.1) is 0 Å². The number of pyridine rings is 1. The van der Waals surface area contributed by atoms with E-state index in [9.17, 15) is 9.59 Å². The highest BCUT2D eigenvalue weighted by molar-refractivity contribution is 5.68. The number of amides is 2. The zero-order valence-corrected chi connectivity index (χ0v) is 39.2. The predicted octanol–water partition coefficient (Wildman–Crippen LogP) is 7.98. The minimum atomic E-state index is -0.424. The Morgan fingerprint density at radius 3 is 1.08 bits per heavy atom. The highest BCUT2D eigenvalue weighted by Crippen LogP contribution is 2.20. The van der Waals surface area contributed by atoms with Gasteiger partial charge in [0.05, 0.1) is 67.1 Å². The fraction of sp³-hybridized carbons (Fsp3) is 0.392. The lowest BCUT2D eigenvalue weighted by Gasteiger charge is -2.23. The van der Waals surface area contributed by atoms with Crippen LogP contribution in [0.15, 0.2) is 116 Å². The smallest absolute Gasteiger partial charge is 0.410 e. The van der Waals surface area contributed by atoms with Crippen molar-refractivity contribution in [2.24, 2.45) is 0 Å². The van der Waals surface area contributed by atoms with Crippen molar-refractivity contribution in [3.05, 3.63) is 149 Å². The molecular formula is C51H65N5O10. The minimum Gasteiger partial charge on any atom is -0.497 e. The van der Waals surface area contributed by atoms with Crippen LogP contribution in [0.3, 0.4) is 0 Å². The standard InChI is InChI=1S/C51H65N5O10/c1-53(2)46-15-7-40(8-16-46)34-55(36-42-11-19-48(59-5)20-12-42)50(57)65-29-27-61-23-25-63-38-44-31-45(33-52-32-44)39-64-26-24-62-28-30-66-51(58)56(37-43-13-21-49(60-6)22-14-43)35-41-9-17-47(18-10-41)54(3)4/h7-22,31-33H,23-30,34-39H2,1-6H3. The van der Waals surface area contributed by atoms with Gasteiger partial charge in [-0.1, -0.05) is 48.5 Å². The topological polar surface area (TPSA) is 134 Å². The monoisotopic (exact) mass is 907 g/mol. The highest BCUT2D eigenvalue weighted by Gasteiger charge is 2.18. The van der Waals surface area contributed by atoms with Crippen LogP contribution in [0.1, 0.15) is 33.4 Å². The van der Waals surface area contributed by atoms with Gasteiger partial charge >= 0.3 is 12.2 Å². The average molecular weight is 908 g/mol. The van der Waals surface area contributed by atoms with Gasteiger partial charge in [0.25, 0.3) is 0 Å². The molecule has 0 atom stereocenters. The Labute approximate surface area is 389 Å². The van der Waals surface area contributed by atoms with E-state index in [4.69, 9.17) is 37.9 Å². The van der Waals surface area contributed by atoms with Crippen LogP contribution in [0, 0.1) is 0 Å². The van der Waals surface area contributed by atoms with E-state index in [2.05, 4.69) is 4.98 Å². The van der Waals surface area contributed by atoms with E-state index in [1.807, 2.05) is 141 Å². The first-order valence-electron chi connectivity index (χ1n) is 22.0. The first kappa shape index (κ1) is 50.6. The number of anilines is 2. The SMILES string of the molecule is COc1ccc(CN(Cc2ccc(N(C)C)cc2)C(=O)OCCOCCOCc2cncc(COCCOCCOC(=O)N(Cc3ccc(OC)cc3)Cc3ccc(N(C)C)cc3)c2)cc1. The maximum absolute atomic E-state index is 13.2. The highest BCUT2D eigenvalue weighted by atomic mass is 16.6. The van der Waals surface area contributed by atoms with E-state index >= 15 is 0 Å². The van der Waals surface area contributed by atoms with Gasteiger partial charge in [0.15, 0.2) is 0 Å². The zero-order chi connectivity index (χ0) is 46.9. The second-order valence-electron chi connectivity index (χ2n) is 15.8. The number of methoxy groups -OCH3 is 2. The third-order valence-electron chi connectivity index (χ3n) is 10.3. The summed E-state index contributed by atoms with van der Waals surface area (Å²) >= 11 is 0. The summed E-state index contributed by atoms with van der Waals surface area (Å²) in [6.45, 7) is 4.37. The molecule has 0 N–H and O–H groups in total. The predicted molar refractivity (Wildman–Crippen MR) is 254 cm³/mol. The molecule has 4 aromatic carbocycles. The normalized spacial score (nSPS) is 10.9. The maximum atomic E-state index is 13.2. The van der Waals surface area contributed by atoms with Crippen molar-refractivity contribution in [3.8, 4) is 11.5 Å². The molecule has 5 rings (SSSR count). The zero-order valence-electron chi connectivity index (χ0n) is 39.2. The number of carbonyl (C=O) groups excluding carboxylic acids is 2. The second kappa shape index (κ2) is 27.8. The Hall–Kier alpha value is -6.39. The van der Waals surface area contributed by atoms with Crippen LogP contribution in [0.5, 0.6) is 11.5 Å². The van der Waals surface area contributed by atoms with Crippen LogP contribution >= 0.6 is 0 Å². The Balaban J connectivity index is 0.935. The molecule has 0 saturated carbocycles. The van der Waals surface area contributed by atoms with Gasteiger partial charge in [0, 0.05) is 78.1 Å². The summed E-state index contributed by atoms with van der Waals surface area (Å²) in [4.78, 5) is 38.2. The Morgan fingerprint density at radius 1 is 0.424 bits per heavy atom. The van der Waals surface area contributed by atoms with E-state index in [0.717, 1.165) is 56.3 Å². The number of hydrogen-bond acceptors (Lipinski definition) is 13.